The van der Waals surface area contributed by atoms with Gasteiger partial charge in [0.25, 0.3) is 0 Å². The fraction of sp³-hybridized carbons (Fsp3) is 0.118. The van der Waals surface area contributed by atoms with Crippen LogP contribution in [-0.4, -0.2) is 41.4 Å². The number of thiophene rings is 1. The molecule has 150 valence electrons. The normalized spacial score (nSPS) is 11.8. The van der Waals surface area contributed by atoms with Crippen molar-refractivity contribution in [1.29, 1.82) is 0 Å². The van der Waals surface area contributed by atoms with Gasteiger partial charge < -0.3 is 4.74 Å². The molecule has 0 bridgehead atoms. The Bertz CT molecular complexity index is 1280. The average Bonchev–Trinajstić information content (AvgIpc) is 3.31. The van der Waals surface area contributed by atoms with E-state index in [9.17, 15) is 12.8 Å². The number of nitrogens with one attached hydrogen (secondary N) is 1. The van der Waals surface area contributed by atoms with Crippen LogP contribution in [0.15, 0.2) is 52.7 Å². The molecule has 0 aliphatic rings. The third kappa shape index (κ3) is 4.37. The lowest BCUT2D eigenvalue weighted by Crippen LogP contribution is -2.27. The van der Waals surface area contributed by atoms with E-state index in [0.29, 0.717) is 21.4 Å². The van der Waals surface area contributed by atoms with Crippen molar-refractivity contribution in [2.45, 2.75) is 4.21 Å². The minimum Gasteiger partial charge on any atom is -0.475 e. The number of halogens is 2. The van der Waals surface area contributed by atoms with Gasteiger partial charge in [-0.05, 0) is 30.3 Å². The highest BCUT2D eigenvalue weighted by molar-refractivity contribution is 7.91. The van der Waals surface area contributed by atoms with Gasteiger partial charge >= 0.3 is 0 Å². The smallest absolute Gasteiger partial charge is 0.250 e. The van der Waals surface area contributed by atoms with E-state index in [-0.39, 0.29) is 23.2 Å². The predicted octanol–water partition coefficient (Wildman–Crippen LogP) is 3.00. The molecule has 0 unspecified atom stereocenters. The van der Waals surface area contributed by atoms with Gasteiger partial charge in [0.15, 0.2) is 11.5 Å². The van der Waals surface area contributed by atoms with E-state index in [4.69, 9.17) is 16.3 Å². The summed E-state index contributed by atoms with van der Waals surface area (Å²) in [5, 5.41) is 12.3. The summed E-state index contributed by atoms with van der Waals surface area (Å²) in [6.45, 7) is 0.0881. The number of hydrogen-bond donors (Lipinski definition) is 1. The Hall–Kier alpha value is -2.60. The Morgan fingerprint density at radius 3 is 2.79 bits per heavy atom. The fourth-order valence-electron chi connectivity index (χ4n) is 2.50. The number of hydrogen-bond acceptors (Lipinski definition) is 7. The third-order valence-corrected chi connectivity index (χ3v) is 6.96. The van der Waals surface area contributed by atoms with Crippen LogP contribution in [0.4, 0.5) is 4.39 Å². The molecule has 0 atom stereocenters. The number of nitrogens with zero attached hydrogens (tertiary/aromatic N) is 4. The second kappa shape index (κ2) is 8.03. The maximum atomic E-state index is 13.5. The van der Waals surface area contributed by atoms with Crippen LogP contribution in [0.25, 0.3) is 17.0 Å². The molecule has 0 fully saturated rings. The van der Waals surface area contributed by atoms with Crippen molar-refractivity contribution in [2.75, 3.05) is 13.2 Å². The van der Waals surface area contributed by atoms with Crippen LogP contribution in [0.5, 0.6) is 5.88 Å². The van der Waals surface area contributed by atoms with E-state index in [0.717, 1.165) is 11.3 Å². The van der Waals surface area contributed by atoms with Crippen LogP contribution in [0.1, 0.15) is 0 Å². The fourth-order valence-corrected chi connectivity index (χ4v) is 5.04. The van der Waals surface area contributed by atoms with Gasteiger partial charge in [-0.25, -0.2) is 17.5 Å². The molecule has 3 heterocycles. The van der Waals surface area contributed by atoms with Gasteiger partial charge in [0, 0.05) is 18.2 Å². The van der Waals surface area contributed by atoms with Gasteiger partial charge in [0.1, 0.15) is 16.6 Å². The van der Waals surface area contributed by atoms with Crippen LogP contribution in [0.3, 0.4) is 0 Å². The molecule has 1 aromatic carbocycles. The van der Waals surface area contributed by atoms with Gasteiger partial charge in [-0.1, -0.05) is 23.7 Å². The molecule has 3 aromatic heterocycles. The average molecular weight is 454 g/mol. The lowest BCUT2D eigenvalue weighted by Gasteiger charge is -2.07. The van der Waals surface area contributed by atoms with Crippen LogP contribution in [0, 0.1) is 5.82 Å². The van der Waals surface area contributed by atoms with E-state index in [1.807, 2.05) is 0 Å². The van der Waals surface area contributed by atoms with Crippen LogP contribution in [-0.2, 0) is 10.0 Å². The molecule has 4 rings (SSSR count). The summed E-state index contributed by atoms with van der Waals surface area (Å²) in [4.78, 5) is 0. The Balaban J connectivity index is 1.44. The van der Waals surface area contributed by atoms with Crippen molar-refractivity contribution in [3.05, 3.63) is 58.7 Å². The molecular formula is C17H13ClFN5O3S2. The maximum absolute atomic E-state index is 13.5. The quantitative estimate of drug-likeness (QED) is 0.432. The van der Waals surface area contributed by atoms with E-state index in [2.05, 4.69) is 20.0 Å². The van der Waals surface area contributed by atoms with Gasteiger partial charge in [-0.3, -0.25) is 0 Å². The van der Waals surface area contributed by atoms with Gasteiger partial charge in [0.05, 0.1) is 4.34 Å². The molecule has 0 aliphatic heterocycles. The highest BCUT2D eigenvalue weighted by Gasteiger charge is 2.16. The molecule has 0 spiro atoms. The standard InChI is InChI=1S/C17H13ClFN5O3S2/c18-13-4-7-16(28-13)29(25,26)20-8-9-27-15-6-5-14-21-22-17(24(14)23-15)11-2-1-3-12(19)10-11/h1-7,10,20H,8-9H2. The molecule has 0 radical (unpaired) electrons. The van der Waals surface area contributed by atoms with Crippen molar-refractivity contribution in [2.24, 2.45) is 0 Å². The van der Waals surface area contributed by atoms with Crippen molar-refractivity contribution in [3.8, 4) is 17.3 Å². The summed E-state index contributed by atoms with van der Waals surface area (Å²) < 4.78 is 47.7. The number of ether oxygens (including phenoxy) is 1. The molecule has 0 saturated carbocycles. The van der Waals surface area contributed by atoms with Crippen molar-refractivity contribution in [3.63, 3.8) is 0 Å². The van der Waals surface area contributed by atoms with E-state index >= 15 is 0 Å². The zero-order valence-electron chi connectivity index (χ0n) is 14.6. The SMILES string of the molecule is O=S(=O)(NCCOc1ccc2nnc(-c3cccc(F)c3)n2n1)c1ccc(Cl)s1. The number of rotatable bonds is 7. The van der Waals surface area contributed by atoms with Gasteiger partial charge in [-0.2, -0.15) is 4.52 Å². The summed E-state index contributed by atoms with van der Waals surface area (Å²) in [7, 11) is -3.64. The molecule has 8 nitrogen and oxygen atoms in total. The first-order valence-electron chi connectivity index (χ1n) is 8.28. The lowest BCUT2D eigenvalue weighted by atomic mass is 10.2. The summed E-state index contributed by atoms with van der Waals surface area (Å²) >= 11 is 6.74. The minimum absolute atomic E-state index is 0.0382. The highest BCUT2D eigenvalue weighted by atomic mass is 35.5. The molecule has 0 aliphatic carbocycles. The molecule has 4 aromatic rings. The third-order valence-electron chi connectivity index (χ3n) is 3.78. The second-order valence-electron chi connectivity index (χ2n) is 5.78. The zero-order valence-corrected chi connectivity index (χ0v) is 17.0. The second-order valence-corrected chi connectivity index (χ2v) is 9.49. The Kier molecular flexibility index (Phi) is 5.46. The topological polar surface area (TPSA) is 98.5 Å². The number of sulfonamides is 1. The van der Waals surface area contributed by atoms with Crippen molar-refractivity contribution in [1.82, 2.24) is 24.5 Å². The molecule has 0 amide bonds. The maximum Gasteiger partial charge on any atom is 0.250 e. The summed E-state index contributed by atoms with van der Waals surface area (Å²) in [5.41, 5.74) is 0.983. The Morgan fingerprint density at radius 1 is 1.17 bits per heavy atom. The van der Waals surface area contributed by atoms with E-state index in [1.165, 1.54) is 28.8 Å². The van der Waals surface area contributed by atoms with E-state index < -0.39 is 15.8 Å². The number of benzene rings is 1. The minimum atomic E-state index is -3.64. The first kappa shape index (κ1) is 19.7. The molecule has 29 heavy (non-hydrogen) atoms. The number of fused-ring (bicyclic) bond motifs is 1. The number of aromatic nitrogens is 4. The first-order valence-corrected chi connectivity index (χ1v) is 11.0. The molecule has 0 saturated heterocycles. The zero-order chi connectivity index (χ0) is 20.4. The van der Waals surface area contributed by atoms with E-state index in [1.54, 1.807) is 24.3 Å². The molecule has 1 N–H and O–H groups in total. The molecule has 12 heteroatoms. The van der Waals surface area contributed by atoms with Crippen LogP contribution in [0.2, 0.25) is 4.34 Å². The largest absolute Gasteiger partial charge is 0.475 e. The van der Waals surface area contributed by atoms with Crippen molar-refractivity contribution >= 4 is 38.6 Å². The van der Waals surface area contributed by atoms with Gasteiger partial charge in [0.2, 0.25) is 15.9 Å². The monoisotopic (exact) mass is 453 g/mol. The van der Waals surface area contributed by atoms with Crippen molar-refractivity contribution < 1.29 is 17.5 Å². The summed E-state index contributed by atoms with van der Waals surface area (Å²) in [6.07, 6.45) is 0. The van der Waals surface area contributed by atoms with Gasteiger partial charge in [-0.15, -0.1) is 26.6 Å². The molecular weight excluding hydrogens is 441 g/mol. The lowest BCUT2D eigenvalue weighted by molar-refractivity contribution is 0.306. The Labute approximate surface area is 174 Å². The van der Waals surface area contributed by atoms with Crippen LogP contribution < -0.4 is 9.46 Å². The van der Waals surface area contributed by atoms with Crippen LogP contribution >= 0.6 is 22.9 Å². The highest BCUT2D eigenvalue weighted by Crippen LogP contribution is 2.25. The summed E-state index contributed by atoms with van der Waals surface area (Å²) in [5.74, 6) is 0.208. The Morgan fingerprint density at radius 2 is 2.03 bits per heavy atom. The predicted molar refractivity (Wildman–Crippen MR) is 106 cm³/mol. The summed E-state index contributed by atoms with van der Waals surface area (Å²) in [6, 6.07) is 12.1. The first-order chi connectivity index (χ1) is 13.9.